The van der Waals surface area contributed by atoms with Crippen molar-refractivity contribution in [2.24, 2.45) is 5.92 Å². The van der Waals surface area contributed by atoms with Crippen molar-refractivity contribution in [3.05, 3.63) is 64.6 Å². The summed E-state index contributed by atoms with van der Waals surface area (Å²) in [5.74, 6) is 0.337. The number of carbonyl (C=O) groups excluding carboxylic acids is 1. The lowest BCUT2D eigenvalue weighted by molar-refractivity contribution is -0.123. The first kappa shape index (κ1) is 19.4. The van der Waals surface area contributed by atoms with Gasteiger partial charge in [-0.05, 0) is 50.1 Å². The van der Waals surface area contributed by atoms with Gasteiger partial charge in [0.15, 0.2) is 0 Å². The summed E-state index contributed by atoms with van der Waals surface area (Å²) in [6, 6.07) is 7.87. The van der Waals surface area contributed by atoms with Crippen LogP contribution in [0.5, 0.6) is 0 Å². The monoisotopic (exact) mass is 411 g/mol. The van der Waals surface area contributed by atoms with Gasteiger partial charge in [0.05, 0.1) is 17.2 Å². The Balaban J connectivity index is 1.50. The van der Waals surface area contributed by atoms with Gasteiger partial charge in [-0.3, -0.25) is 4.79 Å². The molecule has 1 amide bonds. The second kappa shape index (κ2) is 8.65. The van der Waals surface area contributed by atoms with E-state index in [1.807, 2.05) is 12.3 Å². The fourth-order valence-electron chi connectivity index (χ4n) is 3.56. The van der Waals surface area contributed by atoms with Gasteiger partial charge < -0.3 is 9.80 Å². The van der Waals surface area contributed by atoms with Crippen LogP contribution < -0.4 is 9.80 Å². The zero-order valence-corrected chi connectivity index (χ0v) is 17.0. The zero-order chi connectivity index (χ0) is 20.2. The van der Waals surface area contributed by atoms with E-state index in [-0.39, 0.29) is 17.6 Å². The van der Waals surface area contributed by atoms with Gasteiger partial charge in [0, 0.05) is 42.5 Å². The van der Waals surface area contributed by atoms with Gasteiger partial charge in [0.2, 0.25) is 11.9 Å². The van der Waals surface area contributed by atoms with Gasteiger partial charge >= 0.3 is 0 Å². The number of carbonyl (C=O) groups is 1. The van der Waals surface area contributed by atoms with Crippen molar-refractivity contribution in [1.82, 2.24) is 15.0 Å². The number of thiazole rings is 1. The van der Waals surface area contributed by atoms with Crippen LogP contribution in [-0.2, 0) is 11.3 Å². The first-order valence-electron chi connectivity index (χ1n) is 9.60. The van der Waals surface area contributed by atoms with E-state index < -0.39 is 0 Å². The Hall–Kier alpha value is -2.87. The second-order valence-corrected chi connectivity index (χ2v) is 8.13. The van der Waals surface area contributed by atoms with Crippen molar-refractivity contribution in [3.8, 4) is 0 Å². The van der Waals surface area contributed by atoms with Crippen LogP contribution >= 0.6 is 11.3 Å². The third kappa shape index (κ3) is 4.59. The highest BCUT2D eigenvalue weighted by Crippen LogP contribution is 2.27. The van der Waals surface area contributed by atoms with Crippen molar-refractivity contribution in [3.63, 3.8) is 0 Å². The lowest BCUT2D eigenvalue weighted by atomic mass is 9.95. The predicted molar refractivity (Wildman–Crippen MR) is 111 cm³/mol. The summed E-state index contributed by atoms with van der Waals surface area (Å²) in [5, 5.41) is 2.93. The van der Waals surface area contributed by atoms with Crippen LogP contribution in [0.4, 0.5) is 16.0 Å². The number of benzene rings is 1. The third-order valence-electron chi connectivity index (χ3n) is 5.07. The molecule has 29 heavy (non-hydrogen) atoms. The smallest absolute Gasteiger partial charge is 0.230 e. The average Bonchev–Trinajstić information content (AvgIpc) is 3.18. The Labute approximate surface area is 173 Å². The van der Waals surface area contributed by atoms with Gasteiger partial charge in [-0.15, -0.1) is 11.3 Å². The maximum Gasteiger partial charge on any atom is 0.230 e. The van der Waals surface area contributed by atoms with Crippen LogP contribution in [0.15, 0.2) is 48.1 Å². The molecule has 0 atom stereocenters. The average molecular weight is 412 g/mol. The third-order valence-corrected chi connectivity index (χ3v) is 5.89. The van der Waals surface area contributed by atoms with E-state index in [0.29, 0.717) is 18.2 Å². The van der Waals surface area contributed by atoms with Crippen LogP contribution in [0.25, 0.3) is 0 Å². The highest BCUT2D eigenvalue weighted by molar-refractivity contribution is 7.09. The molecule has 3 heterocycles. The maximum atomic E-state index is 13.4. The number of anilines is 2. The highest BCUT2D eigenvalue weighted by Gasteiger charge is 2.30. The van der Waals surface area contributed by atoms with Gasteiger partial charge in [-0.2, -0.15) is 0 Å². The number of piperidine rings is 1. The number of aromatic nitrogens is 3. The first-order valence-corrected chi connectivity index (χ1v) is 10.5. The van der Waals surface area contributed by atoms with E-state index in [1.165, 1.54) is 12.1 Å². The van der Waals surface area contributed by atoms with E-state index in [0.717, 1.165) is 36.6 Å². The molecule has 1 aliphatic heterocycles. The molecule has 8 heteroatoms. The maximum absolute atomic E-state index is 13.4. The molecule has 1 fully saturated rings. The summed E-state index contributed by atoms with van der Waals surface area (Å²) >= 11 is 1.56. The molecule has 2 aromatic heterocycles. The van der Waals surface area contributed by atoms with Crippen molar-refractivity contribution < 1.29 is 9.18 Å². The van der Waals surface area contributed by atoms with Crippen LogP contribution in [-0.4, -0.2) is 33.9 Å². The molecule has 0 aliphatic carbocycles. The van der Waals surface area contributed by atoms with Gasteiger partial charge in [0.1, 0.15) is 5.82 Å². The van der Waals surface area contributed by atoms with E-state index in [9.17, 15) is 9.18 Å². The summed E-state index contributed by atoms with van der Waals surface area (Å²) in [5.41, 5.74) is 1.54. The van der Waals surface area contributed by atoms with Crippen molar-refractivity contribution in [2.75, 3.05) is 22.9 Å². The quantitative estimate of drug-likeness (QED) is 0.639. The lowest BCUT2D eigenvalue weighted by Crippen LogP contribution is -2.43. The molecule has 3 aromatic rings. The highest BCUT2D eigenvalue weighted by atomic mass is 32.1. The first-order chi connectivity index (χ1) is 14.1. The van der Waals surface area contributed by atoms with Gasteiger partial charge in [-0.1, -0.05) is 0 Å². The topological polar surface area (TPSA) is 62.2 Å². The summed E-state index contributed by atoms with van der Waals surface area (Å²) in [6.07, 6.45) is 4.91. The fraction of sp³-hybridized carbons (Fsp3) is 0.333. The summed E-state index contributed by atoms with van der Waals surface area (Å²) < 4.78 is 13.4. The minimum absolute atomic E-state index is 0.0518. The Morgan fingerprint density at radius 3 is 2.52 bits per heavy atom. The summed E-state index contributed by atoms with van der Waals surface area (Å²) in [7, 11) is 0. The van der Waals surface area contributed by atoms with Gasteiger partial charge in [-0.25, -0.2) is 19.3 Å². The molecular formula is C21H22FN5OS. The molecule has 1 aromatic carbocycles. The predicted octanol–water partition coefficient (Wildman–Crippen LogP) is 3.83. The minimum atomic E-state index is -0.318. The molecule has 1 aliphatic rings. The number of hydrogen-bond acceptors (Lipinski definition) is 6. The van der Waals surface area contributed by atoms with E-state index in [2.05, 4.69) is 19.9 Å². The van der Waals surface area contributed by atoms with E-state index in [4.69, 9.17) is 0 Å². The molecule has 4 rings (SSSR count). The molecule has 0 N–H and O–H groups in total. The number of rotatable bonds is 5. The Kier molecular flexibility index (Phi) is 5.80. The van der Waals surface area contributed by atoms with Gasteiger partial charge in [0.25, 0.3) is 0 Å². The number of hydrogen-bond donors (Lipinski definition) is 0. The number of nitrogens with zero attached hydrogens (tertiary/aromatic N) is 5. The molecular weight excluding hydrogens is 389 g/mol. The molecule has 0 saturated carbocycles. The molecule has 6 nitrogen and oxygen atoms in total. The summed E-state index contributed by atoms with van der Waals surface area (Å²) in [6.45, 7) is 3.79. The summed E-state index contributed by atoms with van der Waals surface area (Å²) in [4.78, 5) is 30.3. The molecule has 0 radical (unpaired) electrons. The lowest BCUT2D eigenvalue weighted by Gasteiger charge is -2.34. The standard InChI is InChI=1S/C21H22FN5OS/c1-15-25-18(14-29-15)13-27(19-5-3-17(22)4-6-19)20(28)16-7-11-26(12-8-16)21-23-9-2-10-24-21/h2-6,9-10,14,16H,7-8,11-13H2,1H3. The molecule has 1 saturated heterocycles. The molecule has 0 spiro atoms. The van der Waals surface area contributed by atoms with E-state index in [1.54, 1.807) is 46.8 Å². The van der Waals surface area contributed by atoms with Crippen LogP contribution in [0.3, 0.4) is 0 Å². The minimum Gasteiger partial charge on any atom is -0.341 e. The zero-order valence-electron chi connectivity index (χ0n) is 16.2. The Morgan fingerprint density at radius 1 is 1.21 bits per heavy atom. The SMILES string of the molecule is Cc1nc(CN(C(=O)C2CCN(c3ncccn3)CC2)c2ccc(F)cc2)cs1. The van der Waals surface area contributed by atoms with E-state index >= 15 is 0 Å². The molecule has 150 valence electrons. The van der Waals surface area contributed by atoms with Crippen molar-refractivity contribution in [1.29, 1.82) is 0 Å². The largest absolute Gasteiger partial charge is 0.341 e. The Morgan fingerprint density at radius 2 is 1.90 bits per heavy atom. The molecule has 0 bridgehead atoms. The van der Waals surface area contributed by atoms with Crippen LogP contribution in [0.2, 0.25) is 0 Å². The van der Waals surface area contributed by atoms with Crippen LogP contribution in [0.1, 0.15) is 23.5 Å². The fourth-order valence-corrected chi connectivity index (χ4v) is 4.17. The number of aryl methyl sites for hydroxylation is 1. The second-order valence-electron chi connectivity index (χ2n) is 7.07. The van der Waals surface area contributed by atoms with Crippen molar-refractivity contribution >= 4 is 28.9 Å². The Bertz CT molecular complexity index is 955. The normalized spacial score (nSPS) is 14.8. The molecule has 0 unspecified atom stereocenters. The van der Waals surface area contributed by atoms with Crippen molar-refractivity contribution in [2.45, 2.75) is 26.3 Å². The van der Waals surface area contributed by atoms with Crippen LogP contribution in [0, 0.1) is 18.7 Å². The number of halogens is 1. The number of amides is 1.